The first-order chi connectivity index (χ1) is 8.72. The Kier molecular flexibility index (Phi) is 4.12. The Labute approximate surface area is 110 Å². The van der Waals surface area contributed by atoms with Gasteiger partial charge in [0.2, 0.25) is 5.91 Å². The van der Waals surface area contributed by atoms with E-state index in [1.807, 2.05) is 19.1 Å². The summed E-state index contributed by atoms with van der Waals surface area (Å²) < 4.78 is 0. The highest BCUT2D eigenvalue weighted by Gasteiger charge is 2.08. The minimum absolute atomic E-state index is 0.0916. The Morgan fingerprint density at radius 3 is 3.00 bits per heavy atom. The predicted octanol–water partition coefficient (Wildman–Crippen LogP) is 2.44. The molecule has 0 aliphatic rings. The van der Waals surface area contributed by atoms with Crippen LogP contribution in [0.25, 0.3) is 10.9 Å². The molecule has 0 bridgehead atoms. The SMILES string of the molecule is CCNCC(=O)Nc1ccc(Cl)c2cccnc12. The van der Waals surface area contributed by atoms with Crippen molar-refractivity contribution in [1.82, 2.24) is 10.3 Å². The summed E-state index contributed by atoms with van der Waals surface area (Å²) in [6.07, 6.45) is 1.68. The Hall–Kier alpha value is -1.65. The number of anilines is 1. The highest BCUT2D eigenvalue weighted by molar-refractivity contribution is 6.35. The normalized spacial score (nSPS) is 10.6. The fourth-order valence-corrected chi connectivity index (χ4v) is 1.89. The summed E-state index contributed by atoms with van der Waals surface area (Å²) in [6, 6.07) is 7.22. The number of likely N-dealkylation sites (N-methyl/N-ethyl adjacent to an activating group) is 1. The van der Waals surface area contributed by atoms with E-state index < -0.39 is 0 Å². The summed E-state index contributed by atoms with van der Waals surface area (Å²) in [5.41, 5.74) is 1.38. The van der Waals surface area contributed by atoms with Crippen molar-refractivity contribution < 1.29 is 4.79 Å². The van der Waals surface area contributed by atoms with Gasteiger partial charge in [-0.3, -0.25) is 9.78 Å². The van der Waals surface area contributed by atoms with Crippen molar-refractivity contribution in [1.29, 1.82) is 0 Å². The highest BCUT2D eigenvalue weighted by atomic mass is 35.5. The summed E-state index contributed by atoms with van der Waals surface area (Å²) in [7, 11) is 0. The van der Waals surface area contributed by atoms with E-state index in [2.05, 4.69) is 15.6 Å². The molecule has 0 radical (unpaired) electrons. The van der Waals surface area contributed by atoms with Gasteiger partial charge in [0.05, 0.1) is 22.8 Å². The van der Waals surface area contributed by atoms with Gasteiger partial charge in [-0.2, -0.15) is 0 Å². The molecular weight excluding hydrogens is 250 g/mol. The van der Waals surface area contributed by atoms with E-state index in [0.717, 1.165) is 11.9 Å². The van der Waals surface area contributed by atoms with Crippen molar-refractivity contribution in [2.75, 3.05) is 18.4 Å². The highest BCUT2D eigenvalue weighted by Crippen LogP contribution is 2.27. The molecule has 0 spiro atoms. The third kappa shape index (κ3) is 2.78. The lowest BCUT2D eigenvalue weighted by atomic mass is 10.2. The number of pyridine rings is 1. The third-order valence-corrected chi connectivity index (χ3v) is 2.86. The molecule has 0 atom stereocenters. The lowest BCUT2D eigenvalue weighted by Crippen LogP contribution is -2.27. The summed E-state index contributed by atoms with van der Waals surface area (Å²) in [5.74, 6) is -0.0916. The molecule has 1 aromatic heterocycles. The molecule has 1 heterocycles. The van der Waals surface area contributed by atoms with Crippen LogP contribution in [-0.4, -0.2) is 24.0 Å². The molecule has 5 heteroatoms. The molecule has 2 rings (SSSR count). The number of amides is 1. The molecule has 1 amide bonds. The number of carbonyl (C=O) groups is 1. The zero-order valence-corrected chi connectivity index (χ0v) is 10.8. The van der Waals surface area contributed by atoms with Crippen LogP contribution in [0.3, 0.4) is 0 Å². The number of carbonyl (C=O) groups excluding carboxylic acids is 1. The van der Waals surface area contributed by atoms with Gasteiger partial charge in [0.15, 0.2) is 0 Å². The predicted molar refractivity (Wildman–Crippen MR) is 73.9 cm³/mol. The first-order valence-corrected chi connectivity index (χ1v) is 6.14. The molecule has 0 aliphatic heterocycles. The van der Waals surface area contributed by atoms with Gasteiger partial charge in [-0.05, 0) is 30.8 Å². The number of nitrogens with zero attached hydrogens (tertiary/aromatic N) is 1. The Bertz CT molecular complexity index is 571. The van der Waals surface area contributed by atoms with Gasteiger partial charge in [0.1, 0.15) is 0 Å². The minimum atomic E-state index is -0.0916. The van der Waals surface area contributed by atoms with Crippen LogP contribution in [0.2, 0.25) is 5.02 Å². The van der Waals surface area contributed by atoms with Crippen LogP contribution < -0.4 is 10.6 Å². The number of benzene rings is 1. The van der Waals surface area contributed by atoms with Crippen LogP contribution in [-0.2, 0) is 4.79 Å². The molecule has 0 unspecified atom stereocenters. The second-order valence-electron chi connectivity index (χ2n) is 3.82. The Morgan fingerprint density at radius 1 is 1.39 bits per heavy atom. The van der Waals surface area contributed by atoms with Gasteiger partial charge in [-0.15, -0.1) is 0 Å². The van der Waals surface area contributed by atoms with Gasteiger partial charge >= 0.3 is 0 Å². The molecule has 18 heavy (non-hydrogen) atoms. The van der Waals surface area contributed by atoms with Crippen molar-refractivity contribution in [3.05, 3.63) is 35.5 Å². The Morgan fingerprint density at radius 2 is 2.22 bits per heavy atom. The van der Waals surface area contributed by atoms with E-state index in [4.69, 9.17) is 11.6 Å². The van der Waals surface area contributed by atoms with Gasteiger partial charge in [-0.1, -0.05) is 18.5 Å². The van der Waals surface area contributed by atoms with Crippen LogP contribution in [0.1, 0.15) is 6.92 Å². The van der Waals surface area contributed by atoms with Crippen LogP contribution in [0.15, 0.2) is 30.5 Å². The van der Waals surface area contributed by atoms with Crippen molar-refractivity contribution in [2.45, 2.75) is 6.92 Å². The van der Waals surface area contributed by atoms with Gasteiger partial charge in [0, 0.05) is 11.6 Å². The molecule has 94 valence electrons. The first kappa shape index (κ1) is 12.8. The smallest absolute Gasteiger partial charge is 0.238 e. The van der Waals surface area contributed by atoms with E-state index in [-0.39, 0.29) is 12.5 Å². The van der Waals surface area contributed by atoms with Crippen molar-refractivity contribution in [2.24, 2.45) is 0 Å². The standard InChI is InChI=1S/C13H14ClN3O/c1-2-15-8-12(18)17-11-6-5-10(14)9-4-3-7-16-13(9)11/h3-7,15H,2,8H2,1H3,(H,17,18). The number of hydrogen-bond acceptors (Lipinski definition) is 3. The second kappa shape index (κ2) is 5.80. The van der Waals surface area contributed by atoms with Gasteiger partial charge in [0.25, 0.3) is 0 Å². The van der Waals surface area contributed by atoms with Gasteiger partial charge in [-0.25, -0.2) is 0 Å². The molecule has 2 N–H and O–H groups in total. The van der Waals surface area contributed by atoms with Crippen molar-refractivity contribution >= 4 is 34.1 Å². The van der Waals surface area contributed by atoms with Crippen molar-refractivity contribution in [3.8, 4) is 0 Å². The first-order valence-electron chi connectivity index (χ1n) is 5.76. The van der Waals surface area contributed by atoms with Crippen LogP contribution in [0.5, 0.6) is 0 Å². The summed E-state index contributed by atoms with van der Waals surface area (Å²) >= 11 is 6.08. The molecular formula is C13H14ClN3O. The monoisotopic (exact) mass is 263 g/mol. The molecule has 0 saturated carbocycles. The number of nitrogens with one attached hydrogen (secondary N) is 2. The van der Waals surface area contributed by atoms with E-state index in [1.165, 1.54) is 0 Å². The zero-order valence-electron chi connectivity index (χ0n) is 10.0. The van der Waals surface area contributed by atoms with Crippen LogP contribution in [0.4, 0.5) is 5.69 Å². The number of rotatable bonds is 4. The average Bonchev–Trinajstić information content (AvgIpc) is 2.40. The van der Waals surface area contributed by atoms with E-state index in [1.54, 1.807) is 18.3 Å². The summed E-state index contributed by atoms with van der Waals surface area (Å²) in [6.45, 7) is 2.99. The lowest BCUT2D eigenvalue weighted by Gasteiger charge is -2.09. The van der Waals surface area contributed by atoms with E-state index in [0.29, 0.717) is 16.2 Å². The molecule has 0 aliphatic carbocycles. The largest absolute Gasteiger partial charge is 0.323 e. The van der Waals surface area contributed by atoms with E-state index in [9.17, 15) is 4.79 Å². The fourth-order valence-electron chi connectivity index (χ4n) is 1.67. The molecule has 0 fully saturated rings. The molecule has 1 aromatic carbocycles. The number of halogens is 1. The van der Waals surface area contributed by atoms with Gasteiger partial charge < -0.3 is 10.6 Å². The van der Waals surface area contributed by atoms with E-state index >= 15 is 0 Å². The number of aromatic nitrogens is 1. The summed E-state index contributed by atoms with van der Waals surface area (Å²) in [4.78, 5) is 15.9. The van der Waals surface area contributed by atoms with Crippen molar-refractivity contribution in [3.63, 3.8) is 0 Å². The number of fused-ring (bicyclic) bond motifs is 1. The van der Waals surface area contributed by atoms with Crippen LogP contribution >= 0.6 is 11.6 Å². The maximum absolute atomic E-state index is 11.7. The zero-order chi connectivity index (χ0) is 13.0. The number of hydrogen-bond donors (Lipinski definition) is 2. The fraction of sp³-hybridized carbons (Fsp3) is 0.231. The second-order valence-corrected chi connectivity index (χ2v) is 4.23. The maximum Gasteiger partial charge on any atom is 0.238 e. The average molecular weight is 264 g/mol. The molecule has 0 saturated heterocycles. The molecule has 2 aromatic rings. The minimum Gasteiger partial charge on any atom is -0.323 e. The molecule has 4 nitrogen and oxygen atoms in total. The maximum atomic E-state index is 11.7. The van der Waals surface area contributed by atoms with Crippen LogP contribution in [0, 0.1) is 0 Å². The lowest BCUT2D eigenvalue weighted by molar-refractivity contribution is -0.115. The third-order valence-electron chi connectivity index (χ3n) is 2.53. The Balaban J connectivity index is 2.29. The topological polar surface area (TPSA) is 54.0 Å². The quantitative estimate of drug-likeness (QED) is 0.891. The summed E-state index contributed by atoms with van der Waals surface area (Å²) in [5, 5.41) is 7.25.